The molecule has 0 unspecified atom stereocenters. The van der Waals surface area contributed by atoms with Gasteiger partial charge in [0.05, 0.1) is 0 Å². The molecule has 2 aromatic rings. The molecule has 0 radical (unpaired) electrons. The Labute approximate surface area is 116 Å². The van der Waals surface area contributed by atoms with Gasteiger partial charge in [-0.15, -0.1) is 0 Å². The molecule has 0 atom stereocenters. The molecule has 0 aromatic heterocycles. The highest BCUT2D eigenvalue weighted by atomic mass is 15.1. The fourth-order valence-electron chi connectivity index (χ4n) is 2.46. The standard InChI is InChI=1S/C17H24N2/c1-19(13-5-4-12-18)14-11-16-9-6-8-15-7-2-3-10-17(15)16/h2-3,6-10H,4-5,11-14,18H2,1H3. The summed E-state index contributed by atoms with van der Waals surface area (Å²) in [5, 5.41) is 2.73. The first-order valence-corrected chi connectivity index (χ1v) is 7.16. The molecular formula is C17H24N2. The van der Waals surface area contributed by atoms with Crippen molar-refractivity contribution in [2.24, 2.45) is 5.73 Å². The highest BCUT2D eigenvalue weighted by Crippen LogP contribution is 2.18. The lowest BCUT2D eigenvalue weighted by Crippen LogP contribution is -2.23. The molecule has 0 amide bonds. The molecule has 2 N–H and O–H groups in total. The molecule has 0 aliphatic carbocycles. The van der Waals surface area contributed by atoms with Gasteiger partial charge in [-0.1, -0.05) is 42.5 Å². The summed E-state index contributed by atoms with van der Waals surface area (Å²) in [4.78, 5) is 2.40. The predicted octanol–water partition coefficient (Wildman–Crippen LogP) is 3.05. The van der Waals surface area contributed by atoms with Crippen LogP contribution in [0.1, 0.15) is 18.4 Å². The van der Waals surface area contributed by atoms with Crippen LogP contribution in [0.15, 0.2) is 42.5 Å². The Morgan fingerprint density at radius 2 is 1.74 bits per heavy atom. The molecule has 102 valence electrons. The van der Waals surface area contributed by atoms with Crippen LogP contribution in [0.25, 0.3) is 10.8 Å². The van der Waals surface area contributed by atoms with Crippen LogP contribution in [0.5, 0.6) is 0 Å². The van der Waals surface area contributed by atoms with Crippen LogP contribution in [0.4, 0.5) is 0 Å². The third-order valence-corrected chi connectivity index (χ3v) is 3.64. The van der Waals surface area contributed by atoms with Gasteiger partial charge in [-0.2, -0.15) is 0 Å². The number of benzene rings is 2. The lowest BCUT2D eigenvalue weighted by atomic mass is 10.0. The summed E-state index contributed by atoms with van der Waals surface area (Å²) < 4.78 is 0. The molecule has 0 fully saturated rings. The second-order valence-electron chi connectivity index (χ2n) is 5.19. The number of fused-ring (bicyclic) bond motifs is 1. The topological polar surface area (TPSA) is 29.3 Å². The number of nitrogens with zero attached hydrogens (tertiary/aromatic N) is 1. The summed E-state index contributed by atoms with van der Waals surface area (Å²) in [6, 6.07) is 15.2. The Hall–Kier alpha value is -1.38. The van der Waals surface area contributed by atoms with Gasteiger partial charge in [-0.05, 0) is 55.7 Å². The number of rotatable bonds is 7. The smallest absolute Gasteiger partial charge is 0.00190 e. The molecule has 0 aliphatic rings. The number of unbranched alkanes of at least 4 members (excludes halogenated alkanes) is 1. The van der Waals surface area contributed by atoms with E-state index in [0.29, 0.717) is 0 Å². The number of hydrogen-bond acceptors (Lipinski definition) is 2. The van der Waals surface area contributed by atoms with E-state index in [1.165, 1.54) is 22.8 Å². The summed E-state index contributed by atoms with van der Waals surface area (Å²) in [5.41, 5.74) is 6.97. The highest BCUT2D eigenvalue weighted by molar-refractivity contribution is 5.85. The third-order valence-electron chi connectivity index (χ3n) is 3.64. The minimum Gasteiger partial charge on any atom is -0.330 e. The van der Waals surface area contributed by atoms with Crippen molar-refractivity contribution in [2.75, 3.05) is 26.7 Å². The molecule has 0 bridgehead atoms. The van der Waals surface area contributed by atoms with Crippen LogP contribution in [0, 0.1) is 0 Å². The van der Waals surface area contributed by atoms with E-state index in [2.05, 4.69) is 54.4 Å². The Kier molecular flexibility index (Phi) is 5.37. The number of nitrogens with two attached hydrogens (primary N) is 1. The van der Waals surface area contributed by atoms with E-state index in [1.54, 1.807) is 0 Å². The maximum atomic E-state index is 5.52. The van der Waals surface area contributed by atoms with Crippen LogP contribution in [0.2, 0.25) is 0 Å². The fraction of sp³-hybridized carbons (Fsp3) is 0.412. The molecule has 0 saturated carbocycles. The maximum Gasteiger partial charge on any atom is 0.00190 e. The molecule has 0 saturated heterocycles. The summed E-state index contributed by atoms with van der Waals surface area (Å²) in [6.07, 6.45) is 3.43. The van der Waals surface area contributed by atoms with Crippen molar-refractivity contribution in [1.29, 1.82) is 0 Å². The van der Waals surface area contributed by atoms with Gasteiger partial charge in [0.15, 0.2) is 0 Å². The normalized spacial score (nSPS) is 11.3. The molecular weight excluding hydrogens is 232 g/mol. The van der Waals surface area contributed by atoms with Crippen LogP contribution in [-0.2, 0) is 6.42 Å². The minimum absolute atomic E-state index is 0.803. The van der Waals surface area contributed by atoms with Gasteiger partial charge in [0.25, 0.3) is 0 Å². The molecule has 2 aromatic carbocycles. The van der Waals surface area contributed by atoms with Crippen molar-refractivity contribution in [3.63, 3.8) is 0 Å². The maximum absolute atomic E-state index is 5.52. The zero-order valence-electron chi connectivity index (χ0n) is 11.8. The van der Waals surface area contributed by atoms with Gasteiger partial charge in [0.2, 0.25) is 0 Å². The molecule has 2 rings (SSSR count). The van der Waals surface area contributed by atoms with E-state index in [9.17, 15) is 0 Å². The Bertz CT molecular complexity index is 502. The second-order valence-corrected chi connectivity index (χ2v) is 5.19. The summed E-state index contributed by atoms with van der Waals surface area (Å²) in [6.45, 7) is 3.05. The summed E-state index contributed by atoms with van der Waals surface area (Å²) in [5.74, 6) is 0. The van der Waals surface area contributed by atoms with E-state index in [-0.39, 0.29) is 0 Å². The van der Waals surface area contributed by atoms with E-state index in [0.717, 1.165) is 32.5 Å². The van der Waals surface area contributed by atoms with Crippen molar-refractivity contribution in [1.82, 2.24) is 4.90 Å². The summed E-state index contributed by atoms with van der Waals surface area (Å²) >= 11 is 0. The monoisotopic (exact) mass is 256 g/mol. The first-order valence-electron chi connectivity index (χ1n) is 7.16. The van der Waals surface area contributed by atoms with Crippen LogP contribution in [0.3, 0.4) is 0 Å². The van der Waals surface area contributed by atoms with Gasteiger partial charge in [-0.3, -0.25) is 0 Å². The highest BCUT2D eigenvalue weighted by Gasteiger charge is 2.02. The van der Waals surface area contributed by atoms with E-state index < -0.39 is 0 Å². The van der Waals surface area contributed by atoms with Crippen LogP contribution >= 0.6 is 0 Å². The molecule has 2 nitrogen and oxygen atoms in total. The van der Waals surface area contributed by atoms with Gasteiger partial charge in [0.1, 0.15) is 0 Å². The molecule has 19 heavy (non-hydrogen) atoms. The summed E-state index contributed by atoms with van der Waals surface area (Å²) in [7, 11) is 2.20. The number of hydrogen-bond donors (Lipinski definition) is 1. The van der Waals surface area contributed by atoms with Crippen molar-refractivity contribution < 1.29 is 0 Å². The molecule has 2 heteroatoms. The van der Waals surface area contributed by atoms with E-state index in [1.807, 2.05) is 0 Å². The molecule has 0 aliphatic heterocycles. The quantitative estimate of drug-likeness (QED) is 0.771. The van der Waals surface area contributed by atoms with Crippen LogP contribution in [-0.4, -0.2) is 31.6 Å². The first-order chi connectivity index (χ1) is 9.31. The molecule has 0 heterocycles. The average molecular weight is 256 g/mol. The van der Waals surface area contributed by atoms with Crippen molar-refractivity contribution in [3.05, 3.63) is 48.0 Å². The van der Waals surface area contributed by atoms with Crippen molar-refractivity contribution in [3.8, 4) is 0 Å². The zero-order chi connectivity index (χ0) is 13.5. The minimum atomic E-state index is 0.803. The predicted molar refractivity (Wildman–Crippen MR) is 83.4 cm³/mol. The second kappa shape index (κ2) is 7.27. The van der Waals surface area contributed by atoms with Gasteiger partial charge in [-0.25, -0.2) is 0 Å². The lowest BCUT2D eigenvalue weighted by molar-refractivity contribution is 0.331. The van der Waals surface area contributed by atoms with Gasteiger partial charge >= 0.3 is 0 Å². The van der Waals surface area contributed by atoms with Crippen molar-refractivity contribution in [2.45, 2.75) is 19.3 Å². The fourth-order valence-corrected chi connectivity index (χ4v) is 2.46. The van der Waals surface area contributed by atoms with E-state index >= 15 is 0 Å². The molecule has 0 spiro atoms. The van der Waals surface area contributed by atoms with Crippen molar-refractivity contribution >= 4 is 10.8 Å². The van der Waals surface area contributed by atoms with Crippen LogP contribution < -0.4 is 5.73 Å². The lowest BCUT2D eigenvalue weighted by Gasteiger charge is -2.17. The Morgan fingerprint density at radius 3 is 2.58 bits per heavy atom. The first kappa shape index (κ1) is 14.0. The SMILES string of the molecule is CN(CCCCN)CCc1cccc2ccccc12. The third kappa shape index (κ3) is 4.05. The average Bonchev–Trinajstić information content (AvgIpc) is 2.45. The number of likely N-dealkylation sites (N-methyl/N-ethyl adjacent to an activating group) is 1. The Balaban J connectivity index is 1.94. The largest absolute Gasteiger partial charge is 0.330 e. The van der Waals surface area contributed by atoms with E-state index in [4.69, 9.17) is 5.73 Å². The zero-order valence-corrected chi connectivity index (χ0v) is 11.8. The Morgan fingerprint density at radius 1 is 0.947 bits per heavy atom. The van der Waals surface area contributed by atoms with Gasteiger partial charge < -0.3 is 10.6 Å². The van der Waals surface area contributed by atoms with Gasteiger partial charge in [0, 0.05) is 6.54 Å².